The van der Waals surface area contributed by atoms with Crippen molar-refractivity contribution in [1.29, 1.82) is 0 Å². The van der Waals surface area contributed by atoms with Gasteiger partial charge in [0.1, 0.15) is 0 Å². The third-order valence-electron chi connectivity index (χ3n) is 4.19. The second kappa shape index (κ2) is 9.51. The Balaban J connectivity index is 0.000000849. The number of hydrogen-bond donors (Lipinski definition) is 2. The second-order valence-electron chi connectivity index (χ2n) is 5.27. The van der Waals surface area contributed by atoms with E-state index >= 15 is 0 Å². The Morgan fingerprint density at radius 1 is 0.957 bits per heavy atom. The molecule has 2 aromatic rings. The van der Waals surface area contributed by atoms with Crippen molar-refractivity contribution < 1.29 is 5.11 Å². The summed E-state index contributed by atoms with van der Waals surface area (Å²) in [6, 6.07) is 15.1. The zero-order valence-corrected chi connectivity index (χ0v) is 15.6. The molecule has 0 heterocycles. The molecule has 1 aliphatic rings. The summed E-state index contributed by atoms with van der Waals surface area (Å²) in [5.41, 5.74) is 4.05. The number of fused-ring (bicyclic) bond motifs is 1. The average molecular weight is 375 g/mol. The highest BCUT2D eigenvalue weighted by Crippen LogP contribution is 2.42. The van der Waals surface area contributed by atoms with E-state index in [0.29, 0.717) is 22.0 Å². The van der Waals surface area contributed by atoms with Crippen LogP contribution in [0, 0.1) is 0 Å². The first-order chi connectivity index (χ1) is 10.7. The van der Waals surface area contributed by atoms with Crippen LogP contribution in [0.2, 0.25) is 10.0 Å². The van der Waals surface area contributed by atoms with Crippen LogP contribution in [0.1, 0.15) is 41.5 Å². The number of aliphatic hydroxyl groups is 1. The van der Waals surface area contributed by atoms with Crippen LogP contribution < -0.4 is 5.32 Å². The number of aliphatic hydroxyl groups excluding tert-OH is 1. The molecule has 0 amide bonds. The molecule has 0 aliphatic heterocycles. The van der Waals surface area contributed by atoms with E-state index in [-0.39, 0.29) is 12.4 Å². The zero-order valence-electron chi connectivity index (χ0n) is 13.2. The van der Waals surface area contributed by atoms with E-state index < -0.39 is 0 Å². The van der Waals surface area contributed by atoms with Crippen LogP contribution in [-0.4, -0.2) is 19.3 Å². The van der Waals surface area contributed by atoms with Crippen molar-refractivity contribution in [2.24, 2.45) is 0 Å². The highest BCUT2D eigenvalue weighted by molar-refractivity contribution is 6.42. The molecule has 0 saturated heterocycles. The fraction of sp³-hybridized carbons (Fsp3) is 0.333. The van der Waals surface area contributed by atoms with Gasteiger partial charge >= 0.3 is 0 Å². The molecule has 2 aromatic carbocycles. The van der Waals surface area contributed by atoms with Crippen LogP contribution in [0.4, 0.5) is 0 Å². The van der Waals surface area contributed by atoms with E-state index in [9.17, 15) is 0 Å². The van der Waals surface area contributed by atoms with Crippen molar-refractivity contribution in [3.8, 4) is 0 Å². The summed E-state index contributed by atoms with van der Waals surface area (Å²) in [4.78, 5) is 0. The first-order valence-corrected chi connectivity index (χ1v) is 8.12. The lowest BCUT2D eigenvalue weighted by Gasteiger charge is -2.32. The van der Waals surface area contributed by atoms with Crippen molar-refractivity contribution >= 4 is 35.6 Å². The summed E-state index contributed by atoms with van der Waals surface area (Å²) in [6.45, 7) is 0. The van der Waals surface area contributed by atoms with Crippen molar-refractivity contribution in [3.63, 3.8) is 0 Å². The van der Waals surface area contributed by atoms with E-state index in [1.165, 1.54) is 16.7 Å². The first-order valence-electron chi connectivity index (χ1n) is 7.36. The molecular formula is C18H22Cl3NO. The molecule has 0 saturated carbocycles. The monoisotopic (exact) mass is 373 g/mol. The van der Waals surface area contributed by atoms with Gasteiger partial charge < -0.3 is 10.4 Å². The van der Waals surface area contributed by atoms with Gasteiger partial charge in [-0.2, -0.15) is 0 Å². The summed E-state index contributed by atoms with van der Waals surface area (Å²) in [7, 11) is 3.03. The summed E-state index contributed by atoms with van der Waals surface area (Å²) in [6.07, 6.45) is 2.26. The first kappa shape index (κ1) is 20.3. The van der Waals surface area contributed by atoms with Crippen LogP contribution in [0.25, 0.3) is 0 Å². The SMILES string of the molecule is CN[C@H]1CC[C@@H](c2ccc(Cl)c(Cl)c2)c2ccccc21.CO.Cl. The molecule has 2 atom stereocenters. The molecule has 0 aromatic heterocycles. The van der Waals surface area contributed by atoms with Crippen LogP contribution in [0.5, 0.6) is 0 Å². The summed E-state index contributed by atoms with van der Waals surface area (Å²) in [5.74, 6) is 0.408. The Morgan fingerprint density at radius 3 is 2.22 bits per heavy atom. The minimum atomic E-state index is 0. The smallest absolute Gasteiger partial charge is 0.0595 e. The standard InChI is InChI=1S/C17H17Cl2N.CH4O.ClH/c1-20-17-9-7-12(13-4-2-3-5-14(13)17)11-6-8-15(18)16(19)10-11;1-2;/h2-6,8,10,12,17,20H,7,9H2,1H3;2H,1H3;1H/t12-,17-;;/m0../s1. The lowest BCUT2D eigenvalue weighted by atomic mass is 9.77. The minimum absolute atomic E-state index is 0. The molecule has 0 bridgehead atoms. The second-order valence-corrected chi connectivity index (χ2v) is 6.09. The summed E-state index contributed by atoms with van der Waals surface area (Å²) >= 11 is 12.2. The molecule has 0 fully saturated rings. The number of rotatable bonds is 2. The van der Waals surface area contributed by atoms with Crippen molar-refractivity contribution in [3.05, 3.63) is 69.2 Å². The lowest BCUT2D eigenvalue weighted by Crippen LogP contribution is -2.24. The largest absolute Gasteiger partial charge is 0.400 e. The van der Waals surface area contributed by atoms with Crippen LogP contribution in [0.3, 0.4) is 0 Å². The van der Waals surface area contributed by atoms with Crippen LogP contribution >= 0.6 is 35.6 Å². The predicted molar refractivity (Wildman–Crippen MR) is 101 cm³/mol. The fourth-order valence-corrected chi connectivity index (χ4v) is 3.47. The third-order valence-corrected chi connectivity index (χ3v) is 4.92. The van der Waals surface area contributed by atoms with Crippen molar-refractivity contribution in [1.82, 2.24) is 5.32 Å². The van der Waals surface area contributed by atoms with Gasteiger partial charge in [-0.1, -0.05) is 53.5 Å². The third kappa shape index (κ3) is 4.40. The normalized spacial score (nSPS) is 19.0. The Labute approximate surface area is 154 Å². The molecule has 1 aliphatic carbocycles. The van der Waals surface area contributed by atoms with E-state index in [1.54, 1.807) is 0 Å². The molecule has 5 heteroatoms. The molecule has 0 spiro atoms. The number of hydrogen-bond acceptors (Lipinski definition) is 2. The molecule has 126 valence electrons. The Hall–Kier alpha value is -0.770. The highest BCUT2D eigenvalue weighted by Gasteiger charge is 2.27. The molecule has 3 rings (SSSR count). The molecule has 23 heavy (non-hydrogen) atoms. The summed E-state index contributed by atoms with van der Waals surface area (Å²) < 4.78 is 0. The van der Waals surface area contributed by atoms with Gasteiger partial charge in [-0.25, -0.2) is 0 Å². The lowest BCUT2D eigenvalue weighted by molar-refractivity contribution is 0.399. The number of benzene rings is 2. The molecular weight excluding hydrogens is 353 g/mol. The van der Waals surface area contributed by atoms with Gasteiger partial charge in [0.25, 0.3) is 0 Å². The van der Waals surface area contributed by atoms with Gasteiger partial charge in [0.15, 0.2) is 0 Å². The Bertz CT molecular complexity index is 633. The highest BCUT2D eigenvalue weighted by atomic mass is 35.5. The molecule has 2 nitrogen and oxygen atoms in total. The topological polar surface area (TPSA) is 32.3 Å². The van der Waals surface area contributed by atoms with Gasteiger partial charge in [0.05, 0.1) is 10.0 Å². The van der Waals surface area contributed by atoms with Crippen molar-refractivity contribution in [2.75, 3.05) is 14.2 Å². The van der Waals surface area contributed by atoms with Gasteiger partial charge in [-0.3, -0.25) is 0 Å². The quantitative estimate of drug-likeness (QED) is 0.756. The maximum Gasteiger partial charge on any atom is 0.0595 e. The van der Waals surface area contributed by atoms with Gasteiger partial charge in [-0.15, -0.1) is 12.4 Å². The minimum Gasteiger partial charge on any atom is -0.400 e. The number of halogens is 3. The van der Waals surface area contributed by atoms with Crippen LogP contribution in [0.15, 0.2) is 42.5 Å². The maximum atomic E-state index is 7.00. The maximum absolute atomic E-state index is 7.00. The predicted octanol–water partition coefficient (Wildman–Crippen LogP) is 5.21. The Kier molecular flexibility index (Phi) is 8.38. The van der Waals surface area contributed by atoms with E-state index in [2.05, 4.69) is 35.6 Å². The molecule has 0 unspecified atom stereocenters. The Morgan fingerprint density at radius 2 is 1.61 bits per heavy atom. The van der Waals surface area contributed by atoms with Gasteiger partial charge in [0, 0.05) is 19.1 Å². The molecule has 0 radical (unpaired) electrons. The number of nitrogens with one attached hydrogen (secondary N) is 1. The molecule has 2 N–H and O–H groups in total. The fourth-order valence-electron chi connectivity index (χ4n) is 3.17. The van der Waals surface area contributed by atoms with Crippen LogP contribution in [-0.2, 0) is 0 Å². The zero-order chi connectivity index (χ0) is 16.1. The van der Waals surface area contributed by atoms with Crippen molar-refractivity contribution in [2.45, 2.75) is 24.8 Å². The van der Waals surface area contributed by atoms with E-state index in [0.717, 1.165) is 20.0 Å². The van der Waals surface area contributed by atoms with E-state index in [4.69, 9.17) is 28.3 Å². The average Bonchev–Trinajstić information content (AvgIpc) is 2.58. The van der Waals surface area contributed by atoms with Gasteiger partial charge in [0.2, 0.25) is 0 Å². The summed E-state index contributed by atoms with van der Waals surface area (Å²) in [5, 5.41) is 11.7. The van der Waals surface area contributed by atoms with Gasteiger partial charge in [-0.05, 0) is 48.7 Å². The van der Waals surface area contributed by atoms with E-state index in [1.807, 2.05) is 19.2 Å².